The standard InChI is InChI=1S/C23H20Cl2FN3O2/c1-12(30)28-7-6-20-17(22(28)13-2-4-15(26)5-3-13)11-27-29(20)23-16-10-19(25)18(24)8-14(16)9-21(23)31/h2-5,8,10-11,21-23,31H,6-7,9H2,1H3/t21-,22?,23-/m1/s1. The van der Waals surface area contributed by atoms with Gasteiger partial charge in [-0.15, -0.1) is 0 Å². The van der Waals surface area contributed by atoms with Gasteiger partial charge in [0.15, 0.2) is 0 Å². The van der Waals surface area contributed by atoms with Crippen LogP contribution in [0.1, 0.15) is 47.0 Å². The molecular formula is C23H20Cl2FN3O2. The van der Waals surface area contributed by atoms with Crippen LogP contribution in [0.5, 0.6) is 0 Å². The molecule has 3 atom stereocenters. The van der Waals surface area contributed by atoms with Crippen molar-refractivity contribution in [1.82, 2.24) is 14.7 Å². The van der Waals surface area contributed by atoms with Crippen LogP contribution in [-0.2, 0) is 17.6 Å². The van der Waals surface area contributed by atoms with Crippen LogP contribution in [0.4, 0.5) is 4.39 Å². The first-order valence-electron chi connectivity index (χ1n) is 10.1. The first kappa shape index (κ1) is 20.5. The molecule has 2 aromatic carbocycles. The van der Waals surface area contributed by atoms with E-state index in [2.05, 4.69) is 5.10 Å². The van der Waals surface area contributed by atoms with E-state index in [0.29, 0.717) is 29.4 Å². The predicted octanol–water partition coefficient (Wildman–Crippen LogP) is 4.33. The van der Waals surface area contributed by atoms with Gasteiger partial charge in [-0.3, -0.25) is 9.48 Å². The second-order valence-corrected chi connectivity index (χ2v) is 8.90. The van der Waals surface area contributed by atoms with Gasteiger partial charge in [-0.1, -0.05) is 35.3 Å². The molecule has 1 unspecified atom stereocenters. The van der Waals surface area contributed by atoms with Gasteiger partial charge >= 0.3 is 0 Å². The summed E-state index contributed by atoms with van der Waals surface area (Å²) in [6.07, 6.45) is 2.16. The summed E-state index contributed by atoms with van der Waals surface area (Å²) in [5.74, 6) is -0.383. The fraction of sp³-hybridized carbons (Fsp3) is 0.304. The van der Waals surface area contributed by atoms with Gasteiger partial charge in [0.05, 0.1) is 28.4 Å². The van der Waals surface area contributed by atoms with Crippen LogP contribution in [0.3, 0.4) is 0 Å². The van der Waals surface area contributed by atoms with Crippen molar-refractivity contribution in [1.29, 1.82) is 0 Å². The van der Waals surface area contributed by atoms with Crippen LogP contribution in [-0.4, -0.2) is 38.3 Å². The molecule has 2 heterocycles. The number of carbonyl (C=O) groups excluding carboxylic acids is 1. The Labute approximate surface area is 189 Å². The van der Waals surface area contributed by atoms with E-state index in [1.807, 2.05) is 4.68 Å². The Morgan fingerprint density at radius 1 is 1.16 bits per heavy atom. The smallest absolute Gasteiger partial charge is 0.220 e. The maximum Gasteiger partial charge on any atom is 0.220 e. The molecule has 5 rings (SSSR count). The predicted molar refractivity (Wildman–Crippen MR) is 116 cm³/mol. The summed E-state index contributed by atoms with van der Waals surface area (Å²) >= 11 is 12.4. The Bertz CT molecular complexity index is 1180. The fourth-order valence-electron chi connectivity index (χ4n) is 4.89. The van der Waals surface area contributed by atoms with Gasteiger partial charge in [0, 0.05) is 37.6 Å². The number of benzene rings is 2. The van der Waals surface area contributed by atoms with Gasteiger partial charge in [-0.25, -0.2) is 4.39 Å². The zero-order valence-corrected chi connectivity index (χ0v) is 18.2. The quantitative estimate of drug-likeness (QED) is 0.620. The number of fused-ring (bicyclic) bond motifs is 2. The van der Waals surface area contributed by atoms with Crippen LogP contribution in [0.25, 0.3) is 0 Å². The second kappa shape index (κ2) is 7.62. The summed E-state index contributed by atoms with van der Waals surface area (Å²) in [6.45, 7) is 2.04. The van der Waals surface area contributed by atoms with Gasteiger partial charge in [-0.05, 0) is 41.0 Å². The normalized spacial score (nSPS) is 22.4. The van der Waals surface area contributed by atoms with Crippen molar-refractivity contribution in [3.8, 4) is 0 Å². The zero-order valence-electron chi connectivity index (χ0n) is 16.7. The van der Waals surface area contributed by atoms with Crippen LogP contribution >= 0.6 is 23.2 Å². The number of hydrogen-bond acceptors (Lipinski definition) is 3. The van der Waals surface area contributed by atoms with Crippen molar-refractivity contribution in [3.63, 3.8) is 0 Å². The number of halogens is 3. The van der Waals surface area contributed by atoms with Crippen molar-refractivity contribution < 1.29 is 14.3 Å². The molecule has 5 nitrogen and oxygen atoms in total. The number of aliphatic hydroxyl groups is 1. The molecule has 1 N–H and O–H groups in total. The van der Waals surface area contributed by atoms with Crippen molar-refractivity contribution in [3.05, 3.63) is 86.4 Å². The van der Waals surface area contributed by atoms with Gasteiger partial charge in [0.25, 0.3) is 0 Å². The lowest BCUT2D eigenvalue weighted by atomic mass is 9.92. The molecule has 3 aromatic rings. The highest BCUT2D eigenvalue weighted by Crippen LogP contribution is 2.42. The van der Waals surface area contributed by atoms with Crippen molar-refractivity contribution in [2.24, 2.45) is 0 Å². The van der Waals surface area contributed by atoms with Gasteiger partial charge in [-0.2, -0.15) is 5.10 Å². The molecule has 0 fully saturated rings. The minimum atomic E-state index is -0.663. The van der Waals surface area contributed by atoms with E-state index < -0.39 is 6.10 Å². The number of rotatable bonds is 2. The molecule has 160 valence electrons. The first-order chi connectivity index (χ1) is 14.8. The molecule has 1 aromatic heterocycles. The summed E-state index contributed by atoms with van der Waals surface area (Å²) in [7, 11) is 0. The molecule has 8 heteroatoms. The highest BCUT2D eigenvalue weighted by molar-refractivity contribution is 6.42. The Morgan fingerprint density at radius 2 is 1.87 bits per heavy atom. The fourth-order valence-corrected chi connectivity index (χ4v) is 5.25. The van der Waals surface area contributed by atoms with E-state index in [0.717, 1.165) is 27.9 Å². The van der Waals surface area contributed by atoms with E-state index in [4.69, 9.17) is 23.2 Å². The maximum atomic E-state index is 13.5. The Hall–Kier alpha value is -2.41. The van der Waals surface area contributed by atoms with Crippen LogP contribution < -0.4 is 0 Å². The molecule has 0 saturated carbocycles. The monoisotopic (exact) mass is 459 g/mol. The SMILES string of the molecule is CC(=O)N1CCc2c(cnn2[C@@H]2c3cc(Cl)c(Cl)cc3C[C@H]2O)C1c1ccc(F)cc1. The number of aliphatic hydroxyl groups excluding tert-OH is 1. The molecular weight excluding hydrogens is 440 g/mol. The molecule has 31 heavy (non-hydrogen) atoms. The zero-order chi connectivity index (χ0) is 21.9. The molecule has 1 amide bonds. The van der Waals surface area contributed by atoms with Crippen LogP contribution in [0.2, 0.25) is 10.0 Å². The number of amides is 1. The molecule has 0 bridgehead atoms. The lowest BCUT2D eigenvalue weighted by Gasteiger charge is -2.36. The number of hydrogen-bond donors (Lipinski definition) is 1. The topological polar surface area (TPSA) is 58.4 Å². The molecule has 0 spiro atoms. The van der Waals surface area contributed by atoms with E-state index in [-0.39, 0.29) is 23.8 Å². The third kappa shape index (κ3) is 3.34. The average Bonchev–Trinajstić information content (AvgIpc) is 3.28. The van der Waals surface area contributed by atoms with Crippen molar-refractivity contribution in [2.75, 3.05) is 6.54 Å². The van der Waals surface area contributed by atoms with Gasteiger partial charge in [0.2, 0.25) is 5.91 Å². The van der Waals surface area contributed by atoms with Crippen LogP contribution in [0.15, 0.2) is 42.6 Å². The average molecular weight is 460 g/mol. The number of carbonyl (C=O) groups is 1. The number of aromatic nitrogens is 2. The Balaban J connectivity index is 1.62. The van der Waals surface area contributed by atoms with Crippen molar-refractivity contribution >= 4 is 29.1 Å². The van der Waals surface area contributed by atoms with E-state index in [1.165, 1.54) is 19.1 Å². The summed E-state index contributed by atoms with van der Waals surface area (Å²) in [5, 5.41) is 16.4. The van der Waals surface area contributed by atoms with E-state index in [9.17, 15) is 14.3 Å². The molecule has 1 aliphatic heterocycles. The van der Waals surface area contributed by atoms with Crippen molar-refractivity contribution in [2.45, 2.75) is 38.0 Å². The highest BCUT2D eigenvalue weighted by Gasteiger charge is 2.39. The number of nitrogens with zero attached hydrogens (tertiary/aromatic N) is 3. The van der Waals surface area contributed by atoms with E-state index >= 15 is 0 Å². The first-order valence-corrected chi connectivity index (χ1v) is 10.9. The van der Waals surface area contributed by atoms with Gasteiger partial charge < -0.3 is 10.0 Å². The molecule has 0 saturated heterocycles. The third-order valence-corrected chi connectivity index (χ3v) is 7.00. The minimum Gasteiger partial charge on any atom is -0.390 e. The van der Waals surface area contributed by atoms with Gasteiger partial charge in [0.1, 0.15) is 11.9 Å². The van der Waals surface area contributed by atoms with Crippen LogP contribution in [0, 0.1) is 5.82 Å². The summed E-state index contributed by atoms with van der Waals surface area (Å²) in [4.78, 5) is 14.1. The largest absolute Gasteiger partial charge is 0.390 e. The third-order valence-electron chi connectivity index (χ3n) is 6.27. The second-order valence-electron chi connectivity index (χ2n) is 8.09. The molecule has 0 radical (unpaired) electrons. The Morgan fingerprint density at radius 3 is 2.58 bits per heavy atom. The summed E-state index contributed by atoms with van der Waals surface area (Å²) < 4.78 is 15.4. The maximum absolute atomic E-state index is 13.5. The lowest BCUT2D eigenvalue weighted by molar-refractivity contribution is -0.130. The van der Waals surface area contributed by atoms with E-state index in [1.54, 1.807) is 35.4 Å². The summed E-state index contributed by atoms with van der Waals surface area (Å²) in [6, 6.07) is 9.06. The molecule has 1 aliphatic carbocycles. The Kier molecular flexibility index (Phi) is 5.04. The summed E-state index contributed by atoms with van der Waals surface area (Å²) in [5.41, 5.74) is 4.51. The highest BCUT2D eigenvalue weighted by atomic mass is 35.5. The minimum absolute atomic E-state index is 0.0552. The lowest BCUT2D eigenvalue weighted by Crippen LogP contribution is -2.40. The molecule has 2 aliphatic rings.